The molecule has 1 saturated carbocycles. The number of halogens is 2. The molecule has 152 valence electrons. The normalized spacial score (nSPS) is 17.2. The fourth-order valence-electron chi connectivity index (χ4n) is 3.86. The molecule has 4 nitrogen and oxygen atoms in total. The molecule has 2 aromatic carbocycles. The maximum atomic E-state index is 13.7. The van der Waals surface area contributed by atoms with Crippen molar-refractivity contribution in [1.82, 2.24) is 4.90 Å². The topological polar surface area (TPSA) is 49.4 Å². The molecule has 0 bridgehead atoms. The number of nitrogens with zero attached hydrogens (tertiary/aromatic N) is 1. The van der Waals surface area contributed by atoms with E-state index < -0.39 is 17.5 Å². The van der Waals surface area contributed by atoms with Crippen LogP contribution in [0.2, 0.25) is 0 Å². The van der Waals surface area contributed by atoms with E-state index in [9.17, 15) is 18.4 Å². The highest BCUT2D eigenvalue weighted by atomic mass is 19.1. The zero-order valence-corrected chi connectivity index (χ0v) is 16.2. The summed E-state index contributed by atoms with van der Waals surface area (Å²) < 4.78 is 26.7. The van der Waals surface area contributed by atoms with E-state index in [1.165, 1.54) is 6.07 Å². The van der Waals surface area contributed by atoms with Crippen molar-refractivity contribution in [2.75, 3.05) is 18.4 Å². The molecule has 1 aliphatic heterocycles. The molecule has 2 amide bonds. The molecule has 0 aromatic heterocycles. The maximum absolute atomic E-state index is 13.7. The fourth-order valence-corrected chi connectivity index (χ4v) is 3.86. The number of hydrogen-bond donors (Lipinski definition) is 1. The first-order valence-electron chi connectivity index (χ1n) is 10.1. The van der Waals surface area contributed by atoms with Crippen molar-refractivity contribution in [2.24, 2.45) is 11.8 Å². The van der Waals surface area contributed by atoms with Crippen LogP contribution in [-0.4, -0.2) is 29.8 Å². The molecule has 6 heteroatoms. The van der Waals surface area contributed by atoms with Crippen LogP contribution in [0, 0.1) is 23.5 Å². The Labute approximate surface area is 168 Å². The van der Waals surface area contributed by atoms with Crippen molar-refractivity contribution in [2.45, 2.75) is 32.1 Å². The number of piperidine rings is 1. The molecule has 4 rings (SSSR count). The summed E-state index contributed by atoms with van der Waals surface area (Å²) in [5.74, 6) is -0.778. The molecule has 0 unspecified atom stereocenters. The van der Waals surface area contributed by atoms with Gasteiger partial charge in [-0.25, -0.2) is 8.78 Å². The Hall–Kier alpha value is -2.76. The summed E-state index contributed by atoms with van der Waals surface area (Å²) in [6, 6.07) is 10.3. The summed E-state index contributed by atoms with van der Waals surface area (Å²) in [7, 11) is 0. The zero-order chi connectivity index (χ0) is 20.4. The Balaban J connectivity index is 1.30. The third kappa shape index (κ3) is 4.81. The standard InChI is InChI=1S/C23H24F2N2O2/c24-19-7-8-21(20(25)14-19)26-22(28)17-3-1-15(2-4-17)13-16-9-11-27(12-10-16)23(29)18-5-6-18/h1-4,7-8,14,16,18H,5-6,9-13H2,(H,26,28). The van der Waals surface area contributed by atoms with Crippen LogP contribution in [0.1, 0.15) is 41.6 Å². The first kappa shape index (κ1) is 19.6. The number of nitrogens with one attached hydrogen (secondary N) is 1. The van der Waals surface area contributed by atoms with Gasteiger partial charge in [-0.15, -0.1) is 0 Å². The van der Waals surface area contributed by atoms with Crippen LogP contribution in [0.3, 0.4) is 0 Å². The lowest BCUT2D eigenvalue weighted by Crippen LogP contribution is -2.39. The molecule has 1 saturated heterocycles. The molecule has 29 heavy (non-hydrogen) atoms. The van der Waals surface area contributed by atoms with Gasteiger partial charge in [-0.2, -0.15) is 0 Å². The summed E-state index contributed by atoms with van der Waals surface area (Å²) in [6.45, 7) is 1.67. The summed E-state index contributed by atoms with van der Waals surface area (Å²) in [4.78, 5) is 26.5. The maximum Gasteiger partial charge on any atom is 0.255 e. The number of rotatable bonds is 5. The Bertz CT molecular complexity index is 902. The van der Waals surface area contributed by atoms with Gasteiger partial charge in [0.05, 0.1) is 5.69 Å². The number of carbonyl (C=O) groups is 2. The number of anilines is 1. The molecule has 1 heterocycles. The monoisotopic (exact) mass is 398 g/mol. The number of benzene rings is 2. The SMILES string of the molecule is O=C(Nc1ccc(F)cc1F)c1ccc(CC2CCN(C(=O)C3CC3)CC2)cc1. The highest BCUT2D eigenvalue weighted by molar-refractivity contribution is 6.04. The fraction of sp³-hybridized carbons (Fsp3) is 0.391. The highest BCUT2D eigenvalue weighted by Gasteiger charge is 2.34. The number of carbonyl (C=O) groups excluding carboxylic acids is 2. The minimum atomic E-state index is -0.804. The van der Waals surface area contributed by atoms with Gasteiger partial charge in [0.25, 0.3) is 5.91 Å². The zero-order valence-electron chi connectivity index (χ0n) is 16.2. The minimum Gasteiger partial charge on any atom is -0.342 e. The summed E-state index contributed by atoms with van der Waals surface area (Å²) >= 11 is 0. The van der Waals surface area contributed by atoms with Crippen molar-refractivity contribution in [3.8, 4) is 0 Å². The Kier molecular flexibility index (Phi) is 5.60. The van der Waals surface area contributed by atoms with E-state index in [4.69, 9.17) is 0 Å². The average Bonchev–Trinajstić information content (AvgIpc) is 3.56. The molecule has 0 atom stereocenters. The first-order valence-corrected chi connectivity index (χ1v) is 10.1. The molecule has 0 spiro atoms. The van der Waals surface area contributed by atoms with Gasteiger partial charge in [0.2, 0.25) is 5.91 Å². The van der Waals surface area contributed by atoms with E-state index >= 15 is 0 Å². The lowest BCUT2D eigenvalue weighted by molar-refractivity contribution is -0.133. The molecule has 2 aliphatic rings. The summed E-state index contributed by atoms with van der Waals surface area (Å²) in [5.41, 5.74) is 1.51. The molecular weight excluding hydrogens is 374 g/mol. The molecule has 0 radical (unpaired) electrons. The van der Waals surface area contributed by atoms with Crippen LogP contribution in [0.4, 0.5) is 14.5 Å². The molecule has 2 fully saturated rings. The lowest BCUT2D eigenvalue weighted by atomic mass is 9.89. The first-order chi connectivity index (χ1) is 14.0. The lowest BCUT2D eigenvalue weighted by Gasteiger charge is -2.32. The van der Waals surface area contributed by atoms with Crippen molar-refractivity contribution in [3.63, 3.8) is 0 Å². The number of hydrogen-bond acceptors (Lipinski definition) is 2. The van der Waals surface area contributed by atoms with Gasteiger partial charge in [0.15, 0.2) is 0 Å². The minimum absolute atomic E-state index is 0.0482. The third-order valence-corrected chi connectivity index (χ3v) is 5.77. The average molecular weight is 398 g/mol. The van der Waals surface area contributed by atoms with Gasteiger partial charge < -0.3 is 10.2 Å². The van der Waals surface area contributed by atoms with E-state index in [1.54, 1.807) is 12.1 Å². The molecule has 2 aromatic rings. The van der Waals surface area contributed by atoms with Crippen molar-refractivity contribution in [3.05, 3.63) is 65.2 Å². The Morgan fingerprint density at radius 3 is 2.28 bits per heavy atom. The molecule has 1 N–H and O–H groups in total. The van der Waals surface area contributed by atoms with Crippen LogP contribution >= 0.6 is 0 Å². The van der Waals surface area contributed by atoms with Gasteiger partial charge in [-0.1, -0.05) is 12.1 Å². The predicted octanol–water partition coefficient (Wildman–Crippen LogP) is 4.41. The molecule has 1 aliphatic carbocycles. The van der Waals surface area contributed by atoms with Crippen LogP contribution < -0.4 is 5.32 Å². The van der Waals surface area contributed by atoms with Crippen LogP contribution in [0.15, 0.2) is 42.5 Å². The van der Waals surface area contributed by atoms with Crippen LogP contribution in [0.5, 0.6) is 0 Å². The van der Waals surface area contributed by atoms with Gasteiger partial charge >= 0.3 is 0 Å². The van der Waals surface area contributed by atoms with Crippen molar-refractivity contribution < 1.29 is 18.4 Å². The second-order valence-electron chi connectivity index (χ2n) is 8.02. The van der Waals surface area contributed by atoms with Gasteiger partial charge in [0.1, 0.15) is 11.6 Å². The summed E-state index contributed by atoms with van der Waals surface area (Å²) in [5, 5.41) is 2.47. The highest BCUT2D eigenvalue weighted by Crippen LogP contribution is 2.33. The van der Waals surface area contributed by atoms with E-state index in [-0.39, 0.29) is 11.6 Å². The third-order valence-electron chi connectivity index (χ3n) is 5.77. The molecular formula is C23H24F2N2O2. The van der Waals surface area contributed by atoms with Crippen molar-refractivity contribution in [1.29, 1.82) is 0 Å². The van der Waals surface area contributed by atoms with Crippen LogP contribution in [-0.2, 0) is 11.2 Å². The second-order valence-corrected chi connectivity index (χ2v) is 8.02. The van der Waals surface area contributed by atoms with E-state index in [2.05, 4.69) is 5.32 Å². The van der Waals surface area contributed by atoms with Crippen molar-refractivity contribution >= 4 is 17.5 Å². The van der Waals surface area contributed by atoms with E-state index in [0.29, 0.717) is 17.4 Å². The van der Waals surface area contributed by atoms with Gasteiger partial charge in [0, 0.05) is 30.6 Å². The second kappa shape index (κ2) is 8.31. The van der Waals surface area contributed by atoms with E-state index in [1.807, 2.05) is 17.0 Å². The quantitative estimate of drug-likeness (QED) is 0.811. The Morgan fingerprint density at radius 1 is 0.966 bits per heavy atom. The number of likely N-dealkylation sites (tertiary alicyclic amines) is 1. The number of amides is 2. The van der Waals surface area contributed by atoms with E-state index in [0.717, 1.165) is 62.9 Å². The van der Waals surface area contributed by atoms with Crippen LogP contribution in [0.25, 0.3) is 0 Å². The van der Waals surface area contributed by atoms with Gasteiger partial charge in [-0.05, 0) is 67.9 Å². The Morgan fingerprint density at radius 2 is 1.66 bits per heavy atom. The van der Waals surface area contributed by atoms with Gasteiger partial charge in [-0.3, -0.25) is 9.59 Å². The smallest absolute Gasteiger partial charge is 0.255 e. The largest absolute Gasteiger partial charge is 0.342 e. The predicted molar refractivity (Wildman–Crippen MR) is 106 cm³/mol. The summed E-state index contributed by atoms with van der Waals surface area (Å²) in [6.07, 6.45) is 5.02.